The van der Waals surface area contributed by atoms with Crippen molar-refractivity contribution in [2.45, 2.75) is 25.9 Å². The van der Waals surface area contributed by atoms with Gasteiger partial charge in [0.2, 0.25) is 0 Å². The van der Waals surface area contributed by atoms with Gasteiger partial charge in [0, 0.05) is 18.0 Å². The third-order valence-electron chi connectivity index (χ3n) is 3.92. The fourth-order valence-corrected chi connectivity index (χ4v) is 2.60. The lowest BCUT2D eigenvalue weighted by Gasteiger charge is -2.25. The molecule has 0 aliphatic carbocycles. The normalized spacial score (nSPS) is 19.8. The minimum atomic E-state index is -0.768. The maximum absolute atomic E-state index is 13.5. The summed E-state index contributed by atoms with van der Waals surface area (Å²) in [5.41, 5.74) is 1.21. The third-order valence-corrected chi connectivity index (χ3v) is 3.92. The molecule has 0 fully saturated rings. The topological polar surface area (TPSA) is 46.7 Å². The SMILES string of the molecule is Cc1cc(C2(Cn3cccc(C)c3=O)C=NC=N2)ccc1F. The van der Waals surface area contributed by atoms with Crippen LogP contribution >= 0.6 is 0 Å². The molecule has 112 valence electrons. The summed E-state index contributed by atoms with van der Waals surface area (Å²) in [5, 5.41) is 0. The van der Waals surface area contributed by atoms with Crippen LogP contribution in [0.3, 0.4) is 0 Å². The van der Waals surface area contributed by atoms with Gasteiger partial charge in [0.05, 0.1) is 6.54 Å². The first-order valence-corrected chi connectivity index (χ1v) is 7.02. The zero-order chi connectivity index (χ0) is 15.7. The second-order valence-electron chi connectivity index (χ2n) is 5.54. The smallest absolute Gasteiger partial charge is 0.253 e. The zero-order valence-electron chi connectivity index (χ0n) is 12.5. The quantitative estimate of drug-likeness (QED) is 0.859. The molecule has 1 aromatic carbocycles. The van der Waals surface area contributed by atoms with Gasteiger partial charge in [-0.15, -0.1) is 0 Å². The number of hydrogen-bond acceptors (Lipinski definition) is 3. The molecule has 3 rings (SSSR count). The van der Waals surface area contributed by atoms with Crippen LogP contribution in [0.5, 0.6) is 0 Å². The van der Waals surface area contributed by atoms with Crippen LogP contribution in [-0.4, -0.2) is 17.1 Å². The summed E-state index contributed by atoms with van der Waals surface area (Å²) >= 11 is 0. The Labute approximate surface area is 127 Å². The lowest BCUT2D eigenvalue weighted by atomic mass is 9.90. The van der Waals surface area contributed by atoms with Crippen LogP contribution in [0.2, 0.25) is 0 Å². The van der Waals surface area contributed by atoms with Crippen LogP contribution in [0, 0.1) is 19.7 Å². The summed E-state index contributed by atoms with van der Waals surface area (Å²) in [5.74, 6) is -0.259. The van der Waals surface area contributed by atoms with E-state index in [2.05, 4.69) is 9.98 Å². The van der Waals surface area contributed by atoms with E-state index in [4.69, 9.17) is 0 Å². The van der Waals surface area contributed by atoms with Gasteiger partial charge in [-0.2, -0.15) is 0 Å². The number of nitrogens with zero attached hydrogens (tertiary/aromatic N) is 3. The predicted molar refractivity (Wildman–Crippen MR) is 85.2 cm³/mol. The highest BCUT2D eigenvalue weighted by Crippen LogP contribution is 2.29. The fraction of sp³-hybridized carbons (Fsp3) is 0.235. The molecule has 1 aliphatic heterocycles. The van der Waals surface area contributed by atoms with Crippen molar-refractivity contribution < 1.29 is 4.39 Å². The average Bonchev–Trinajstić information content (AvgIpc) is 2.96. The Bertz CT molecular complexity index is 824. The van der Waals surface area contributed by atoms with Crippen molar-refractivity contribution in [1.29, 1.82) is 0 Å². The van der Waals surface area contributed by atoms with Gasteiger partial charge in [-0.3, -0.25) is 9.79 Å². The Kier molecular flexibility index (Phi) is 3.48. The summed E-state index contributed by atoms with van der Waals surface area (Å²) in [7, 11) is 0. The van der Waals surface area contributed by atoms with E-state index in [0.717, 1.165) is 5.56 Å². The molecule has 1 aromatic heterocycles. The molecule has 2 heterocycles. The number of halogens is 1. The van der Waals surface area contributed by atoms with Crippen LogP contribution in [-0.2, 0) is 12.1 Å². The Balaban J connectivity index is 2.08. The van der Waals surface area contributed by atoms with Crippen molar-refractivity contribution in [3.63, 3.8) is 0 Å². The average molecular weight is 297 g/mol. The molecule has 0 saturated heterocycles. The summed E-state index contributed by atoms with van der Waals surface area (Å²) in [4.78, 5) is 20.8. The second kappa shape index (κ2) is 5.33. The molecule has 1 unspecified atom stereocenters. The van der Waals surface area contributed by atoms with Crippen LogP contribution in [0.1, 0.15) is 16.7 Å². The molecule has 22 heavy (non-hydrogen) atoms. The Morgan fingerprint density at radius 1 is 1.23 bits per heavy atom. The Morgan fingerprint density at radius 2 is 2.05 bits per heavy atom. The van der Waals surface area contributed by atoms with Crippen molar-refractivity contribution in [2.75, 3.05) is 0 Å². The highest BCUT2D eigenvalue weighted by Gasteiger charge is 2.33. The van der Waals surface area contributed by atoms with E-state index >= 15 is 0 Å². The first kappa shape index (κ1) is 14.4. The van der Waals surface area contributed by atoms with E-state index < -0.39 is 5.54 Å². The zero-order valence-corrected chi connectivity index (χ0v) is 12.5. The summed E-state index contributed by atoms with van der Waals surface area (Å²) in [6, 6.07) is 8.48. The maximum Gasteiger partial charge on any atom is 0.253 e. The molecule has 1 atom stereocenters. The van der Waals surface area contributed by atoms with E-state index in [1.807, 2.05) is 6.07 Å². The van der Waals surface area contributed by atoms with Gasteiger partial charge in [0.25, 0.3) is 5.56 Å². The van der Waals surface area contributed by atoms with Gasteiger partial charge in [-0.25, -0.2) is 9.38 Å². The highest BCUT2D eigenvalue weighted by molar-refractivity contribution is 5.87. The minimum absolute atomic E-state index is 0.0591. The molecule has 4 nitrogen and oxygen atoms in total. The van der Waals surface area contributed by atoms with Gasteiger partial charge in [0.1, 0.15) is 17.7 Å². The number of aliphatic imine (C=N–C) groups is 2. The van der Waals surface area contributed by atoms with Crippen LogP contribution < -0.4 is 5.56 Å². The molecular formula is C17H16FN3O. The van der Waals surface area contributed by atoms with Gasteiger partial charge in [-0.1, -0.05) is 18.2 Å². The van der Waals surface area contributed by atoms with Crippen LogP contribution in [0.15, 0.2) is 51.3 Å². The first-order chi connectivity index (χ1) is 10.5. The molecule has 2 aromatic rings. The monoisotopic (exact) mass is 297 g/mol. The van der Waals surface area contributed by atoms with Crippen LogP contribution in [0.25, 0.3) is 0 Å². The number of benzene rings is 1. The second-order valence-corrected chi connectivity index (χ2v) is 5.54. The van der Waals surface area contributed by atoms with Crippen molar-refractivity contribution in [3.05, 3.63) is 69.4 Å². The van der Waals surface area contributed by atoms with E-state index in [-0.39, 0.29) is 11.4 Å². The molecule has 5 heteroatoms. The molecule has 1 aliphatic rings. The van der Waals surface area contributed by atoms with Crippen molar-refractivity contribution in [3.8, 4) is 0 Å². The Morgan fingerprint density at radius 3 is 2.73 bits per heavy atom. The van der Waals surface area contributed by atoms with Crippen molar-refractivity contribution >= 4 is 12.6 Å². The van der Waals surface area contributed by atoms with Crippen LogP contribution in [0.4, 0.5) is 4.39 Å². The fourth-order valence-electron chi connectivity index (χ4n) is 2.60. The molecule has 0 spiro atoms. The van der Waals surface area contributed by atoms with Gasteiger partial charge < -0.3 is 4.57 Å². The number of hydrogen-bond donors (Lipinski definition) is 0. The largest absolute Gasteiger partial charge is 0.312 e. The maximum atomic E-state index is 13.5. The minimum Gasteiger partial charge on any atom is -0.312 e. The first-order valence-electron chi connectivity index (χ1n) is 7.02. The number of aromatic nitrogens is 1. The Hall–Kier alpha value is -2.56. The molecule has 0 bridgehead atoms. The lowest BCUT2D eigenvalue weighted by molar-refractivity contribution is 0.497. The van der Waals surface area contributed by atoms with E-state index in [1.165, 1.54) is 12.4 Å². The standard InChI is InChI=1S/C17H16FN3O/c1-12-4-3-7-21(16(12)22)10-17(9-19-11-20-17)14-5-6-15(18)13(2)8-14/h3-9,11H,10H2,1-2H3. The molecule has 0 radical (unpaired) electrons. The highest BCUT2D eigenvalue weighted by atomic mass is 19.1. The molecule has 0 saturated carbocycles. The number of rotatable bonds is 3. The third kappa shape index (κ3) is 2.39. The summed E-state index contributed by atoms with van der Waals surface area (Å²) < 4.78 is 15.1. The molecule has 0 N–H and O–H groups in total. The van der Waals surface area contributed by atoms with Crippen molar-refractivity contribution in [1.82, 2.24) is 4.57 Å². The molecule has 0 amide bonds. The molecular weight excluding hydrogens is 281 g/mol. The van der Waals surface area contributed by atoms with Gasteiger partial charge >= 0.3 is 0 Å². The van der Waals surface area contributed by atoms with E-state index in [0.29, 0.717) is 17.7 Å². The summed E-state index contributed by atoms with van der Waals surface area (Å²) in [6.45, 7) is 3.82. The summed E-state index contributed by atoms with van der Waals surface area (Å²) in [6.07, 6.45) is 4.91. The van der Waals surface area contributed by atoms with Gasteiger partial charge in [-0.05, 0) is 37.1 Å². The number of pyridine rings is 1. The number of aryl methyl sites for hydroxylation is 2. The van der Waals surface area contributed by atoms with Crippen molar-refractivity contribution in [2.24, 2.45) is 9.98 Å². The lowest BCUT2D eigenvalue weighted by Crippen LogP contribution is -2.35. The predicted octanol–water partition coefficient (Wildman–Crippen LogP) is 2.61. The van der Waals surface area contributed by atoms with Gasteiger partial charge in [0.15, 0.2) is 0 Å². The van der Waals surface area contributed by atoms with E-state index in [9.17, 15) is 9.18 Å². The van der Waals surface area contributed by atoms with E-state index in [1.54, 1.807) is 49.0 Å².